The van der Waals surface area contributed by atoms with E-state index in [9.17, 15) is 0 Å². The van der Waals surface area contributed by atoms with E-state index in [1.54, 1.807) is 0 Å². The largest absolute Gasteiger partial charge is 0.339 e. The van der Waals surface area contributed by atoms with Crippen LogP contribution in [0.15, 0.2) is 4.52 Å². The molecule has 1 aliphatic rings. The predicted octanol–water partition coefficient (Wildman–Crippen LogP) is 2.46. The third kappa shape index (κ3) is 2.61. The second kappa shape index (κ2) is 4.95. The Labute approximate surface area is 96.6 Å². The molecule has 1 fully saturated rings. The van der Waals surface area contributed by atoms with Crippen molar-refractivity contribution in [3.05, 3.63) is 11.7 Å². The van der Waals surface area contributed by atoms with E-state index in [4.69, 9.17) is 10.3 Å². The molecule has 4 heteroatoms. The molecule has 1 heterocycles. The summed E-state index contributed by atoms with van der Waals surface area (Å²) in [7, 11) is 0. The van der Waals surface area contributed by atoms with Gasteiger partial charge in [-0.15, -0.1) is 0 Å². The Morgan fingerprint density at radius 3 is 2.69 bits per heavy atom. The highest BCUT2D eigenvalue weighted by Crippen LogP contribution is 2.27. The van der Waals surface area contributed by atoms with Crippen LogP contribution in [-0.2, 0) is 6.42 Å². The summed E-state index contributed by atoms with van der Waals surface area (Å²) in [5.41, 5.74) is 5.97. The van der Waals surface area contributed by atoms with E-state index in [-0.39, 0.29) is 6.04 Å². The van der Waals surface area contributed by atoms with E-state index >= 15 is 0 Å². The summed E-state index contributed by atoms with van der Waals surface area (Å²) in [6.45, 7) is 4.13. The Kier molecular flexibility index (Phi) is 3.59. The van der Waals surface area contributed by atoms with Crippen LogP contribution in [0.2, 0.25) is 0 Å². The van der Waals surface area contributed by atoms with Gasteiger partial charge in [-0.3, -0.25) is 0 Å². The normalized spacial score (nSPS) is 19.5. The van der Waals surface area contributed by atoms with E-state index in [0.29, 0.717) is 11.7 Å². The van der Waals surface area contributed by atoms with Crippen LogP contribution in [0, 0.1) is 11.8 Å². The fraction of sp³-hybridized carbons (Fsp3) is 0.833. The van der Waals surface area contributed by atoms with Gasteiger partial charge in [-0.05, 0) is 24.7 Å². The average molecular weight is 223 g/mol. The van der Waals surface area contributed by atoms with Crippen LogP contribution in [0.3, 0.4) is 0 Å². The summed E-state index contributed by atoms with van der Waals surface area (Å²) in [6, 6.07) is -0.110. The molecule has 1 atom stereocenters. The van der Waals surface area contributed by atoms with E-state index in [2.05, 4.69) is 24.0 Å². The Bertz CT molecular complexity index is 329. The minimum Gasteiger partial charge on any atom is -0.339 e. The van der Waals surface area contributed by atoms with Crippen molar-refractivity contribution in [1.29, 1.82) is 0 Å². The molecule has 0 bridgehead atoms. The molecule has 1 saturated carbocycles. The first-order valence-corrected chi connectivity index (χ1v) is 6.25. The van der Waals surface area contributed by atoms with Gasteiger partial charge in [-0.1, -0.05) is 31.8 Å². The Balaban J connectivity index is 1.96. The third-order valence-corrected chi connectivity index (χ3v) is 3.44. The first-order valence-electron chi connectivity index (χ1n) is 6.25. The summed E-state index contributed by atoms with van der Waals surface area (Å²) in [6.07, 6.45) is 6.22. The number of hydrogen-bond acceptors (Lipinski definition) is 4. The highest BCUT2D eigenvalue weighted by Gasteiger charge is 2.21. The van der Waals surface area contributed by atoms with Gasteiger partial charge in [0.2, 0.25) is 5.89 Å². The molecular formula is C12H21N3O. The van der Waals surface area contributed by atoms with E-state index < -0.39 is 0 Å². The number of rotatable bonds is 4. The summed E-state index contributed by atoms with van der Waals surface area (Å²) < 4.78 is 5.26. The number of nitrogens with zero attached hydrogens (tertiary/aromatic N) is 2. The van der Waals surface area contributed by atoms with Gasteiger partial charge in [0.15, 0.2) is 5.82 Å². The van der Waals surface area contributed by atoms with Crippen molar-refractivity contribution in [2.75, 3.05) is 0 Å². The first-order chi connectivity index (χ1) is 7.66. The predicted molar refractivity (Wildman–Crippen MR) is 61.7 cm³/mol. The number of hydrogen-bond donors (Lipinski definition) is 1. The molecule has 0 spiro atoms. The molecule has 16 heavy (non-hydrogen) atoms. The summed E-state index contributed by atoms with van der Waals surface area (Å²) in [4.78, 5) is 4.39. The standard InChI is InChI=1S/C12H21N3O/c1-8(2)11(13)12-14-10(16-15-12)7-9-5-3-4-6-9/h8-9,11H,3-7,13H2,1-2H3. The van der Waals surface area contributed by atoms with Crippen LogP contribution in [0.5, 0.6) is 0 Å². The van der Waals surface area contributed by atoms with Crippen LogP contribution in [0.1, 0.15) is 57.3 Å². The van der Waals surface area contributed by atoms with Gasteiger partial charge in [-0.2, -0.15) is 4.98 Å². The van der Waals surface area contributed by atoms with Crippen LogP contribution >= 0.6 is 0 Å². The molecule has 2 rings (SSSR count). The van der Waals surface area contributed by atoms with Crippen molar-refractivity contribution in [2.24, 2.45) is 17.6 Å². The lowest BCUT2D eigenvalue weighted by Gasteiger charge is -2.09. The summed E-state index contributed by atoms with van der Waals surface area (Å²) in [5.74, 6) is 2.50. The lowest BCUT2D eigenvalue weighted by Crippen LogP contribution is -2.18. The van der Waals surface area contributed by atoms with Crippen molar-refractivity contribution in [3.63, 3.8) is 0 Å². The molecule has 1 aliphatic carbocycles. The van der Waals surface area contributed by atoms with Gasteiger partial charge in [-0.25, -0.2) is 0 Å². The number of nitrogens with two attached hydrogens (primary N) is 1. The van der Waals surface area contributed by atoms with Crippen LogP contribution in [0.25, 0.3) is 0 Å². The first kappa shape index (κ1) is 11.6. The van der Waals surface area contributed by atoms with Gasteiger partial charge < -0.3 is 10.3 Å². The summed E-state index contributed by atoms with van der Waals surface area (Å²) >= 11 is 0. The zero-order valence-electron chi connectivity index (χ0n) is 10.1. The Morgan fingerprint density at radius 2 is 2.06 bits per heavy atom. The minimum absolute atomic E-state index is 0.110. The lowest BCUT2D eigenvalue weighted by atomic mass is 10.0. The fourth-order valence-corrected chi connectivity index (χ4v) is 2.25. The maximum absolute atomic E-state index is 5.97. The molecule has 0 saturated heterocycles. The van der Waals surface area contributed by atoms with Crippen molar-refractivity contribution in [2.45, 2.75) is 52.0 Å². The fourth-order valence-electron chi connectivity index (χ4n) is 2.25. The van der Waals surface area contributed by atoms with Gasteiger partial charge in [0.25, 0.3) is 0 Å². The lowest BCUT2D eigenvalue weighted by molar-refractivity contribution is 0.343. The maximum atomic E-state index is 5.97. The summed E-state index contributed by atoms with van der Waals surface area (Å²) in [5, 5.41) is 3.97. The maximum Gasteiger partial charge on any atom is 0.226 e. The minimum atomic E-state index is -0.110. The van der Waals surface area contributed by atoms with Crippen molar-refractivity contribution in [3.8, 4) is 0 Å². The van der Waals surface area contributed by atoms with E-state index in [1.165, 1.54) is 25.7 Å². The van der Waals surface area contributed by atoms with Crippen LogP contribution < -0.4 is 5.73 Å². The van der Waals surface area contributed by atoms with Crippen LogP contribution in [0.4, 0.5) is 0 Å². The monoisotopic (exact) mass is 223 g/mol. The van der Waals surface area contributed by atoms with Gasteiger partial charge >= 0.3 is 0 Å². The van der Waals surface area contributed by atoms with Crippen LogP contribution in [-0.4, -0.2) is 10.1 Å². The second-order valence-corrected chi connectivity index (χ2v) is 5.17. The van der Waals surface area contributed by atoms with E-state index in [0.717, 1.165) is 18.2 Å². The van der Waals surface area contributed by atoms with Crippen molar-refractivity contribution >= 4 is 0 Å². The SMILES string of the molecule is CC(C)C(N)c1noc(CC2CCCC2)n1. The molecule has 0 radical (unpaired) electrons. The number of aromatic nitrogens is 2. The van der Waals surface area contributed by atoms with E-state index in [1.807, 2.05) is 0 Å². The Hall–Kier alpha value is -0.900. The zero-order valence-corrected chi connectivity index (χ0v) is 10.1. The zero-order chi connectivity index (χ0) is 11.5. The van der Waals surface area contributed by atoms with Gasteiger partial charge in [0.05, 0.1) is 6.04 Å². The molecule has 1 unspecified atom stereocenters. The highest BCUT2D eigenvalue weighted by molar-refractivity contribution is 4.95. The molecule has 0 aromatic carbocycles. The molecule has 4 nitrogen and oxygen atoms in total. The third-order valence-electron chi connectivity index (χ3n) is 3.44. The highest BCUT2D eigenvalue weighted by atomic mass is 16.5. The topological polar surface area (TPSA) is 64.9 Å². The molecule has 0 aliphatic heterocycles. The molecule has 0 amide bonds. The molecule has 2 N–H and O–H groups in total. The molecule has 90 valence electrons. The second-order valence-electron chi connectivity index (χ2n) is 5.17. The van der Waals surface area contributed by atoms with Crippen molar-refractivity contribution in [1.82, 2.24) is 10.1 Å². The molecule has 1 aromatic heterocycles. The Morgan fingerprint density at radius 1 is 1.38 bits per heavy atom. The van der Waals surface area contributed by atoms with Crippen molar-refractivity contribution < 1.29 is 4.52 Å². The average Bonchev–Trinajstić information content (AvgIpc) is 2.88. The molecular weight excluding hydrogens is 202 g/mol. The quantitative estimate of drug-likeness (QED) is 0.851. The smallest absolute Gasteiger partial charge is 0.226 e. The van der Waals surface area contributed by atoms with Gasteiger partial charge in [0, 0.05) is 6.42 Å². The molecule has 1 aromatic rings. The van der Waals surface area contributed by atoms with Gasteiger partial charge in [0.1, 0.15) is 0 Å².